The van der Waals surface area contributed by atoms with Gasteiger partial charge < -0.3 is 29.7 Å². The molecule has 35 heavy (non-hydrogen) atoms. The highest BCUT2D eigenvalue weighted by atomic mass is 32.1. The number of rotatable bonds is 8. The van der Waals surface area contributed by atoms with Crippen molar-refractivity contribution in [3.05, 3.63) is 48.0 Å². The smallest absolute Gasteiger partial charge is 0.497 e. The fourth-order valence-electron chi connectivity index (χ4n) is 2.46. The van der Waals surface area contributed by atoms with Crippen molar-refractivity contribution in [3.63, 3.8) is 0 Å². The Morgan fingerprint density at radius 1 is 1.03 bits per heavy atom. The van der Waals surface area contributed by atoms with Crippen LogP contribution in [-0.2, 0) is 11.2 Å². The molecule has 0 fully saturated rings. The standard InChI is InChI=1S/C19H19N3O5S.C2HF3O2/c1-25-13-5-3-12(4-6-13)9-10-20-16-11-14(21-18(22-16)26-2)15-7-8-17(28-15)27-19(23)24;3-2(4,5)1(6)7/h3-8,11H,9-10H2,1-2H3,(H,23,24)(H,20,21,22);(H,6,7). The molecule has 188 valence electrons. The van der Waals surface area contributed by atoms with E-state index in [0.29, 0.717) is 18.1 Å². The van der Waals surface area contributed by atoms with E-state index in [9.17, 15) is 18.0 Å². The van der Waals surface area contributed by atoms with Crippen molar-refractivity contribution < 1.29 is 47.2 Å². The van der Waals surface area contributed by atoms with Crippen molar-refractivity contribution >= 4 is 29.3 Å². The van der Waals surface area contributed by atoms with Gasteiger partial charge in [-0.25, -0.2) is 9.59 Å². The van der Waals surface area contributed by atoms with Crippen LogP contribution >= 0.6 is 11.3 Å². The van der Waals surface area contributed by atoms with E-state index in [1.54, 1.807) is 25.3 Å². The van der Waals surface area contributed by atoms with Crippen molar-refractivity contribution in [2.75, 3.05) is 26.1 Å². The number of hydrogen-bond donors (Lipinski definition) is 3. The number of alkyl halides is 3. The second-order valence-electron chi connectivity index (χ2n) is 6.44. The van der Waals surface area contributed by atoms with Crippen LogP contribution in [0, 0.1) is 0 Å². The summed E-state index contributed by atoms with van der Waals surface area (Å²) in [5.74, 6) is -1.32. The molecule has 3 rings (SSSR count). The van der Waals surface area contributed by atoms with Gasteiger partial charge in [0.1, 0.15) is 11.6 Å². The fraction of sp³-hybridized carbons (Fsp3) is 0.238. The van der Waals surface area contributed by atoms with Gasteiger partial charge in [-0.15, -0.1) is 0 Å². The Morgan fingerprint density at radius 2 is 1.69 bits per heavy atom. The average Bonchev–Trinajstić information content (AvgIpc) is 3.27. The van der Waals surface area contributed by atoms with E-state index in [-0.39, 0.29) is 11.1 Å². The molecule has 0 radical (unpaired) electrons. The van der Waals surface area contributed by atoms with Crippen LogP contribution in [0.5, 0.6) is 16.8 Å². The number of nitrogens with one attached hydrogen (secondary N) is 1. The molecule has 0 unspecified atom stereocenters. The maximum Gasteiger partial charge on any atom is 0.512 e. The zero-order valence-corrected chi connectivity index (χ0v) is 19.1. The number of carboxylic acids is 1. The second kappa shape index (κ2) is 12.4. The normalized spacial score (nSPS) is 10.5. The van der Waals surface area contributed by atoms with Crippen LogP contribution in [0.25, 0.3) is 10.6 Å². The highest BCUT2D eigenvalue weighted by Crippen LogP contribution is 2.33. The second-order valence-corrected chi connectivity index (χ2v) is 7.49. The van der Waals surface area contributed by atoms with E-state index in [1.165, 1.54) is 24.0 Å². The van der Waals surface area contributed by atoms with Crippen LogP contribution in [0.15, 0.2) is 42.5 Å². The SMILES string of the molecule is COc1ccc(CCNc2cc(-c3ccc(OC(=O)O)s3)nc(OC)n2)cc1.O=C(O)C(F)(F)F. The molecule has 1 aromatic carbocycles. The van der Waals surface area contributed by atoms with E-state index < -0.39 is 18.3 Å². The van der Waals surface area contributed by atoms with Gasteiger partial charge in [0.15, 0.2) is 5.06 Å². The summed E-state index contributed by atoms with van der Waals surface area (Å²) >= 11 is 1.18. The summed E-state index contributed by atoms with van der Waals surface area (Å²) in [6, 6.07) is 13.2. The van der Waals surface area contributed by atoms with Crippen molar-refractivity contribution in [1.82, 2.24) is 9.97 Å². The molecule has 2 aromatic heterocycles. The lowest BCUT2D eigenvalue weighted by Crippen LogP contribution is -2.21. The summed E-state index contributed by atoms with van der Waals surface area (Å²) in [6.07, 6.45) is -5.63. The molecule has 0 saturated carbocycles. The summed E-state index contributed by atoms with van der Waals surface area (Å²) in [7, 11) is 3.13. The van der Waals surface area contributed by atoms with Crippen molar-refractivity contribution in [3.8, 4) is 27.4 Å². The van der Waals surface area contributed by atoms with Gasteiger partial charge in [0.2, 0.25) is 0 Å². The summed E-state index contributed by atoms with van der Waals surface area (Å²) in [6.45, 7) is 0.670. The topological polar surface area (TPSA) is 140 Å². The quantitative estimate of drug-likeness (QED) is 0.366. The molecule has 0 amide bonds. The van der Waals surface area contributed by atoms with Gasteiger partial charge in [-0.3, -0.25) is 0 Å². The highest BCUT2D eigenvalue weighted by Gasteiger charge is 2.38. The van der Waals surface area contributed by atoms with Crippen molar-refractivity contribution in [2.45, 2.75) is 12.6 Å². The molecule has 0 spiro atoms. The summed E-state index contributed by atoms with van der Waals surface area (Å²) in [5.41, 5.74) is 1.78. The Morgan fingerprint density at radius 3 is 2.23 bits per heavy atom. The van der Waals surface area contributed by atoms with E-state index in [2.05, 4.69) is 20.0 Å². The third kappa shape index (κ3) is 9.00. The van der Waals surface area contributed by atoms with Gasteiger partial charge in [0.25, 0.3) is 0 Å². The number of benzene rings is 1. The number of methoxy groups -OCH3 is 2. The lowest BCUT2D eigenvalue weighted by Gasteiger charge is -2.09. The molecule has 3 N–H and O–H groups in total. The highest BCUT2D eigenvalue weighted by molar-refractivity contribution is 7.17. The molecule has 0 saturated heterocycles. The first-order chi connectivity index (χ1) is 16.5. The average molecular weight is 515 g/mol. The molecule has 3 aromatic rings. The minimum absolute atomic E-state index is 0.221. The third-order valence-corrected chi connectivity index (χ3v) is 5.02. The zero-order valence-electron chi connectivity index (χ0n) is 18.3. The molecule has 0 aliphatic heterocycles. The van der Waals surface area contributed by atoms with Gasteiger partial charge in [-0.05, 0) is 36.2 Å². The Labute approximate surface area is 200 Å². The molecule has 2 heterocycles. The number of aromatic nitrogens is 2. The molecule has 0 bridgehead atoms. The van der Waals surface area contributed by atoms with E-state index in [4.69, 9.17) is 24.5 Å². The first kappa shape index (κ1) is 27.2. The maximum absolute atomic E-state index is 10.7. The van der Waals surface area contributed by atoms with Crippen LogP contribution in [0.4, 0.5) is 23.8 Å². The number of carboxylic acid groups (broad SMARTS) is 2. The van der Waals surface area contributed by atoms with Crippen LogP contribution in [-0.4, -0.2) is 59.2 Å². The molecule has 10 nitrogen and oxygen atoms in total. The number of aliphatic carboxylic acids is 1. The number of ether oxygens (including phenoxy) is 3. The van der Waals surface area contributed by atoms with Crippen LogP contribution < -0.4 is 19.5 Å². The van der Waals surface area contributed by atoms with E-state index in [1.807, 2.05) is 24.3 Å². The number of hydrogen-bond acceptors (Lipinski definition) is 9. The van der Waals surface area contributed by atoms with E-state index in [0.717, 1.165) is 17.0 Å². The van der Waals surface area contributed by atoms with Crippen molar-refractivity contribution in [2.24, 2.45) is 0 Å². The van der Waals surface area contributed by atoms with E-state index >= 15 is 0 Å². The first-order valence-corrected chi connectivity index (χ1v) is 10.4. The molecular formula is C21H20F3N3O7S. The Hall–Kier alpha value is -4.07. The molecule has 14 heteroatoms. The molecule has 0 aliphatic rings. The molecular weight excluding hydrogens is 495 g/mol. The minimum Gasteiger partial charge on any atom is -0.497 e. The predicted octanol–water partition coefficient (Wildman–Crippen LogP) is 4.57. The minimum atomic E-state index is -5.08. The number of thiophene rings is 1. The fourth-order valence-corrected chi connectivity index (χ4v) is 3.27. The lowest BCUT2D eigenvalue weighted by molar-refractivity contribution is -0.192. The number of nitrogens with zero attached hydrogens (tertiary/aromatic N) is 2. The van der Waals surface area contributed by atoms with Crippen LogP contribution in [0.2, 0.25) is 0 Å². The third-order valence-electron chi connectivity index (χ3n) is 4.03. The molecule has 0 aliphatic carbocycles. The van der Waals surface area contributed by atoms with Gasteiger partial charge in [-0.1, -0.05) is 23.5 Å². The lowest BCUT2D eigenvalue weighted by atomic mass is 10.1. The summed E-state index contributed by atoms with van der Waals surface area (Å²) in [5, 5.41) is 19.4. The number of halogens is 3. The Balaban J connectivity index is 0.000000540. The Bertz CT molecular complexity index is 1140. The van der Waals surface area contributed by atoms with Gasteiger partial charge >= 0.3 is 24.3 Å². The van der Waals surface area contributed by atoms with Crippen LogP contribution in [0.1, 0.15) is 5.56 Å². The monoisotopic (exact) mass is 515 g/mol. The summed E-state index contributed by atoms with van der Waals surface area (Å²) in [4.78, 5) is 28.9. The number of carbonyl (C=O) groups is 2. The largest absolute Gasteiger partial charge is 0.512 e. The predicted molar refractivity (Wildman–Crippen MR) is 119 cm³/mol. The maximum atomic E-state index is 10.7. The Kier molecular flexibility index (Phi) is 9.64. The first-order valence-electron chi connectivity index (χ1n) is 9.62. The zero-order chi connectivity index (χ0) is 26.0. The molecule has 0 atom stereocenters. The van der Waals surface area contributed by atoms with Crippen molar-refractivity contribution in [1.29, 1.82) is 0 Å². The van der Waals surface area contributed by atoms with Gasteiger partial charge in [0, 0.05) is 12.6 Å². The van der Waals surface area contributed by atoms with Gasteiger partial charge in [0.05, 0.1) is 24.8 Å². The van der Waals surface area contributed by atoms with Crippen LogP contribution in [0.3, 0.4) is 0 Å². The number of anilines is 1. The summed E-state index contributed by atoms with van der Waals surface area (Å²) < 4.78 is 46.7. The van der Waals surface area contributed by atoms with Gasteiger partial charge in [-0.2, -0.15) is 23.1 Å².